The monoisotopic (exact) mass is 294 g/mol. The molecule has 1 atom stereocenters. The molecular formula is C12H11F5N2O. The zero-order valence-electron chi connectivity index (χ0n) is 10.1. The minimum Gasteiger partial charge on any atom is -0.326 e. The molecule has 0 aromatic heterocycles. The lowest BCUT2D eigenvalue weighted by atomic mass is 9.98. The van der Waals surface area contributed by atoms with Gasteiger partial charge in [-0.1, -0.05) is 18.2 Å². The van der Waals surface area contributed by atoms with Crippen LogP contribution in [0.25, 0.3) is 0 Å². The lowest BCUT2D eigenvalue weighted by Crippen LogP contribution is -2.56. The van der Waals surface area contributed by atoms with Gasteiger partial charge in [-0.2, -0.15) is 22.0 Å². The second-order valence-electron chi connectivity index (χ2n) is 4.58. The van der Waals surface area contributed by atoms with Gasteiger partial charge in [0.2, 0.25) is 0 Å². The number of hydrogen-bond donors (Lipinski definition) is 1. The van der Waals surface area contributed by atoms with E-state index < -0.39 is 24.0 Å². The molecule has 0 fully saturated rings. The number of nitrogens with two attached hydrogens (primary N) is 1. The van der Waals surface area contributed by atoms with Crippen LogP contribution in [0.1, 0.15) is 5.56 Å². The summed E-state index contributed by atoms with van der Waals surface area (Å²) in [6.45, 7) is -0.373. The third-order valence-electron chi connectivity index (χ3n) is 3.05. The van der Waals surface area contributed by atoms with Gasteiger partial charge in [0.15, 0.2) is 0 Å². The summed E-state index contributed by atoms with van der Waals surface area (Å²) in [6, 6.07) is 5.24. The number of halogens is 5. The topological polar surface area (TPSA) is 46.3 Å². The lowest BCUT2D eigenvalue weighted by molar-refractivity contribution is -0.268. The Morgan fingerprint density at radius 3 is 2.40 bits per heavy atom. The molecule has 0 radical (unpaired) electrons. The van der Waals surface area contributed by atoms with Crippen molar-refractivity contribution in [3.63, 3.8) is 0 Å². The molecule has 0 spiro atoms. The smallest absolute Gasteiger partial charge is 0.326 e. The van der Waals surface area contributed by atoms with Crippen molar-refractivity contribution in [2.45, 2.75) is 24.6 Å². The molecule has 0 saturated heterocycles. The zero-order chi connectivity index (χ0) is 15.1. The van der Waals surface area contributed by atoms with Crippen LogP contribution >= 0.6 is 0 Å². The number of rotatable bonds is 1. The van der Waals surface area contributed by atoms with E-state index in [1.165, 1.54) is 12.1 Å². The summed E-state index contributed by atoms with van der Waals surface area (Å²) >= 11 is 0. The molecule has 20 heavy (non-hydrogen) atoms. The standard InChI is InChI=1S/C12H11F5N2O/c13-11(14,12(15,16)17)10(20)19-6-8(18)5-7-3-1-2-4-9(7)19/h1-4,8H,5-6,18H2. The van der Waals surface area contributed by atoms with Gasteiger partial charge in [-0.3, -0.25) is 4.79 Å². The van der Waals surface area contributed by atoms with Gasteiger partial charge < -0.3 is 10.6 Å². The van der Waals surface area contributed by atoms with E-state index in [0.717, 1.165) is 0 Å². The summed E-state index contributed by atoms with van der Waals surface area (Å²) in [5, 5.41) is 0. The first-order chi connectivity index (χ1) is 9.14. The van der Waals surface area contributed by atoms with Gasteiger partial charge >= 0.3 is 18.0 Å². The maximum atomic E-state index is 13.2. The molecule has 1 unspecified atom stereocenters. The minimum atomic E-state index is -5.93. The SMILES string of the molecule is NC1Cc2ccccc2N(C(=O)C(F)(F)C(F)(F)F)C1. The van der Waals surface area contributed by atoms with E-state index in [1.54, 1.807) is 12.1 Å². The second kappa shape index (κ2) is 4.69. The number of anilines is 1. The normalized spacial score (nSPS) is 19.7. The number of benzene rings is 1. The maximum absolute atomic E-state index is 13.2. The third-order valence-corrected chi connectivity index (χ3v) is 3.05. The van der Waals surface area contributed by atoms with Gasteiger partial charge in [0, 0.05) is 18.3 Å². The van der Waals surface area contributed by atoms with Crippen LogP contribution in [0.15, 0.2) is 24.3 Å². The molecule has 8 heteroatoms. The van der Waals surface area contributed by atoms with Crippen LogP contribution in [0.3, 0.4) is 0 Å². The van der Waals surface area contributed by atoms with Crippen LogP contribution in [0.5, 0.6) is 0 Å². The van der Waals surface area contributed by atoms with E-state index >= 15 is 0 Å². The number of amides is 1. The van der Waals surface area contributed by atoms with Crippen molar-refractivity contribution < 1.29 is 26.7 Å². The van der Waals surface area contributed by atoms with E-state index in [0.29, 0.717) is 16.9 Å². The van der Waals surface area contributed by atoms with Crippen LogP contribution < -0.4 is 10.6 Å². The van der Waals surface area contributed by atoms with Gasteiger partial charge in [0.25, 0.3) is 0 Å². The summed E-state index contributed by atoms with van der Waals surface area (Å²) in [5.74, 6) is -7.73. The Morgan fingerprint density at radius 1 is 1.20 bits per heavy atom. The molecule has 1 aromatic carbocycles. The Balaban J connectivity index is 2.41. The third kappa shape index (κ3) is 2.35. The molecular weight excluding hydrogens is 283 g/mol. The first-order valence-corrected chi connectivity index (χ1v) is 5.74. The van der Waals surface area contributed by atoms with Gasteiger partial charge in [-0.25, -0.2) is 0 Å². The van der Waals surface area contributed by atoms with Crippen molar-refractivity contribution in [1.29, 1.82) is 0 Å². The predicted molar refractivity (Wildman–Crippen MR) is 61.5 cm³/mol. The molecule has 1 aromatic rings. The molecule has 0 saturated carbocycles. The number of carbonyl (C=O) groups excluding carboxylic acids is 1. The van der Waals surface area contributed by atoms with Crippen LogP contribution in [0, 0.1) is 0 Å². The minimum absolute atomic E-state index is 0.0446. The summed E-state index contributed by atoms with van der Waals surface area (Å²) in [5.41, 5.74) is 6.12. The number of carbonyl (C=O) groups is 1. The van der Waals surface area contributed by atoms with Crippen LogP contribution in [0.4, 0.5) is 27.6 Å². The van der Waals surface area contributed by atoms with E-state index in [9.17, 15) is 26.7 Å². The first kappa shape index (κ1) is 14.7. The van der Waals surface area contributed by atoms with Gasteiger partial charge in [0.05, 0.1) is 0 Å². The quantitative estimate of drug-likeness (QED) is 0.806. The summed E-state index contributed by atoms with van der Waals surface area (Å²) in [4.78, 5) is 12.0. The highest BCUT2D eigenvalue weighted by molar-refractivity contribution is 6.00. The van der Waals surface area contributed by atoms with Gasteiger partial charge in [-0.05, 0) is 18.1 Å². The highest BCUT2D eigenvalue weighted by Gasteiger charge is 2.65. The van der Waals surface area contributed by atoms with E-state index in [4.69, 9.17) is 5.73 Å². The fourth-order valence-electron chi connectivity index (χ4n) is 2.11. The summed E-state index contributed by atoms with van der Waals surface area (Å²) < 4.78 is 63.2. The van der Waals surface area contributed by atoms with Crippen molar-refractivity contribution in [3.8, 4) is 0 Å². The van der Waals surface area contributed by atoms with E-state index in [2.05, 4.69) is 0 Å². The fourth-order valence-corrected chi connectivity index (χ4v) is 2.11. The Bertz CT molecular complexity index is 529. The highest BCUT2D eigenvalue weighted by atomic mass is 19.4. The largest absolute Gasteiger partial charge is 0.463 e. The Kier molecular flexibility index (Phi) is 3.45. The first-order valence-electron chi connectivity index (χ1n) is 5.74. The van der Waals surface area contributed by atoms with E-state index in [1.807, 2.05) is 0 Å². The Labute approximate surface area is 111 Å². The lowest BCUT2D eigenvalue weighted by Gasteiger charge is -2.35. The summed E-state index contributed by atoms with van der Waals surface area (Å²) in [6.07, 6.45) is -5.61. The Hall–Kier alpha value is -1.70. The van der Waals surface area contributed by atoms with Crippen molar-refractivity contribution in [2.24, 2.45) is 5.73 Å². The number of para-hydroxylation sites is 1. The predicted octanol–water partition coefficient (Wildman–Crippen LogP) is 2.10. The molecule has 1 aliphatic heterocycles. The van der Waals surface area contributed by atoms with Gasteiger partial charge in [-0.15, -0.1) is 0 Å². The number of fused-ring (bicyclic) bond motifs is 1. The molecule has 0 bridgehead atoms. The summed E-state index contributed by atoms with van der Waals surface area (Å²) in [7, 11) is 0. The van der Waals surface area contributed by atoms with E-state index in [-0.39, 0.29) is 12.2 Å². The van der Waals surface area contributed by atoms with Crippen molar-refractivity contribution in [1.82, 2.24) is 0 Å². The van der Waals surface area contributed by atoms with Crippen LogP contribution in [-0.4, -0.2) is 30.6 Å². The molecule has 2 N–H and O–H groups in total. The van der Waals surface area contributed by atoms with Crippen molar-refractivity contribution in [2.75, 3.05) is 11.4 Å². The molecule has 2 rings (SSSR count). The maximum Gasteiger partial charge on any atom is 0.463 e. The molecule has 1 aliphatic rings. The fraction of sp³-hybridized carbons (Fsp3) is 0.417. The van der Waals surface area contributed by atoms with Crippen LogP contribution in [0.2, 0.25) is 0 Å². The van der Waals surface area contributed by atoms with Crippen LogP contribution in [-0.2, 0) is 11.2 Å². The number of hydrogen-bond acceptors (Lipinski definition) is 2. The zero-order valence-corrected chi connectivity index (χ0v) is 10.1. The molecule has 3 nitrogen and oxygen atoms in total. The van der Waals surface area contributed by atoms with Crippen molar-refractivity contribution >= 4 is 11.6 Å². The Morgan fingerprint density at radius 2 is 1.80 bits per heavy atom. The molecule has 0 aliphatic carbocycles. The van der Waals surface area contributed by atoms with Gasteiger partial charge in [0.1, 0.15) is 0 Å². The van der Waals surface area contributed by atoms with Crippen molar-refractivity contribution in [3.05, 3.63) is 29.8 Å². The highest BCUT2D eigenvalue weighted by Crippen LogP contribution is 2.39. The number of nitrogens with zero attached hydrogens (tertiary/aromatic N) is 1. The molecule has 1 heterocycles. The number of alkyl halides is 5. The molecule has 1 amide bonds. The average molecular weight is 294 g/mol. The molecule has 110 valence electrons. The second-order valence-corrected chi connectivity index (χ2v) is 4.58. The average Bonchev–Trinajstić information content (AvgIpc) is 2.35.